The van der Waals surface area contributed by atoms with Gasteiger partial charge in [-0.2, -0.15) is 0 Å². The van der Waals surface area contributed by atoms with Gasteiger partial charge in [-0.3, -0.25) is 4.79 Å². The van der Waals surface area contributed by atoms with Crippen LogP contribution in [0.3, 0.4) is 0 Å². The molecular weight excluding hydrogens is 248 g/mol. The summed E-state index contributed by atoms with van der Waals surface area (Å²) in [7, 11) is -3.29. The molecule has 1 aromatic carbocycles. The number of carbonyl (C=O) groups is 1. The first-order valence-electron chi connectivity index (χ1n) is 6.24. The molecule has 1 saturated carbocycles. The number of rotatable bonds is 2. The van der Waals surface area contributed by atoms with E-state index in [1.165, 1.54) is 0 Å². The van der Waals surface area contributed by atoms with E-state index in [0.717, 1.165) is 11.1 Å². The summed E-state index contributed by atoms with van der Waals surface area (Å²) in [6.45, 7) is 3.71. The van der Waals surface area contributed by atoms with E-state index in [1.54, 1.807) is 6.07 Å². The summed E-state index contributed by atoms with van der Waals surface area (Å²) in [5.74, 6) is 0.183. The van der Waals surface area contributed by atoms with Gasteiger partial charge in [-0.15, -0.1) is 0 Å². The van der Waals surface area contributed by atoms with Crippen LogP contribution < -0.4 is 0 Å². The van der Waals surface area contributed by atoms with Crippen LogP contribution in [-0.2, 0) is 14.6 Å². The smallest absolute Gasteiger partial charge is 0.181 e. The molecule has 0 aliphatic heterocycles. The molecule has 0 amide bonds. The number of carbonyl (C=O) groups excluding carboxylic acids is 1. The Labute approximate surface area is 108 Å². The number of Topliss-reactive ketones (excluding diaryl/α,β-unsaturated/α-hetero) is 1. The second-order valence-electron chi connectivity index (χ2n) is 5.05. The lowest BCUT2D eigenvalue weighted by Crippen LogP contribution is -2.27. The lowest BCUT2D eigenvalue weighted by molar-refractivity contribution is -0.120. The molecule has 0 heterocycles. The molecule has 0 bridgehead atoms. The predicted octanol–water partition coefficient (Wildman–Crippen LogP) is 2.59. The summed E-state index contributed by atoms with van der Waals surface area (Å²) in [4.78, 5) is 11.6. The second kappa shape index (κ2) is 4.84. The zero-order valence-corrected chi connectivity index (χ0v) is 11.6. The third-order valence-corrected chi connectivity index (χ3v) is 5.98. The third-order valence-electron chi connectivity index (χ3n) is 3.58. The Morgan fingerprint density at radius 1 is 1.11 bits per heavy atom. The Morgan fingerprint density at radius 3 is 2.33 bits per heavy atom. The molecule has 1 fully saturated rings. The van der Waals surface area contributed by atoms with Crippen molar-refractivity contribution in [1.82, 2.24) is 0 Å². The lowest BCUT2D eigenvalue weighted by atomic mass is 9.99. The molecule has 0 unspecified atom stereocenters. The van der Waals surface area contributed by atoms with E-state index >= 15 is 0 Å². The summed E-state index contributed by atoms with van der Waals surface area (Å²) in [6.07, 6.45) is 1.73. The van der Waals surface area contributed by atoms with E-state index in [0.29, 0.717) is 30.6 Å². The minimum absolute atomic E-state index is 0.183. The fraction of sp³-hybridized carbons (Fsp3) is 0.500. The van der Waals surface area contributed by atoms with E-state index in [9.17, 15) is 13.2 Å². The van der Waals surface area contributed by atoms with Crippen LogP contribution in [0.1, 0.15) is 36.8 Å². The monoisotopic (exact) mass is 266 g/mol. The summed E-state index contributed by atoms with van der Waals surface area (Å²) in [6, 6.07) is 5.50. The van der Waals surface area contributed by atoms with Crippen LogP contribution in [-0.4, -0.2) is 19.5 Å². The van der Waals surface area contributed by atoms with Crippen LogP contribution in [0.25, 0.3) is 0 Å². The second-order valence-corrected chi connectivity index (χ2v) is 7.25. The Morgan fingerprint density at radius 2 is 1.72 bits per heavy atom. The highest BCUT2D eigenvalue weighted by Gasteiger charge is 2.32. The van der Waals surface area contributed by atoms with Gasteiger partial charge >= 0.3 is 0 Å². The van der Waals surface area contributed by atoms with Crippen LogP contribution in [0.4, 0.5) is 0 Å². The van der Waals surface area contributed by atoms with Crippen molar-refractivity contribution in [3.05, 3.63) is 29.3 Å². The molecule has 0 spiro atoms. The van der Waals surface area contributed by atoms with Gasteiger partial charge in [0.1, 0.15) is 5.78 Å². The molecular formula is C14H18O3S. The Hall–Kier alpha value is -1.16. The fourth-order valence-corrected chi connectivity index (χ4v) is 4.50. The minimum Gasteiger partial charge on any atom is -0.300 e. The van der Waals surface area contributed by atoms with Crippen LogP contribution >= 0.6 is 0 Å². The highest BCUT2D eigenvalue weighted by Crippen LogP contribution is 2.29. The van der Waals surface area contributed by atoms with E-state index in [2.05, 4.69) is 0 Å². The summed E-state index contributed by atoms with van der Waals surface area (Å²) < 4.78 is 25.1. The summed E-state index contributed by atoms with van der Waals surface area (Å²) in [5.41, 5.74) is 1.74. The van der Waals surface area contributed by atoms with Gasteiger partial charge in [0.05, 0.1) is 10.1 Å². The molecule has 4 heteroatoms. The largest absolute Gasteiger partial charge is 0.300 e. The van der Waals surface area contributed by atoms with Crippen molar-refractivity contribution in [3.63, 3.8) is 0 Å². The maximum Gasteiger partial charge on any atom is 0.181 e. The topological polar surface area (TPSA) is 51.2 Å². The van der Waals surface area contributed by atoms with Gasteiger partial charge in [0.15, 0.2) is 9.84 Å². The average molecular weight is 266 g/mol. The maximum absolute atomic E-state index is 12.6. The zero-order chi connectivity index (χ0) is 13.3. The van der Waals surface area contributed by atoms with Crippen molar-refractivity contribution in [1.29, 1.82) is 0 Å². The summed E-state index contributed by atoms with van der Waals surface area (Å²) >= 11 is 0. The van der Waals surface area contributed by atoms with Gasteiger partial charge in [-0.25, -0.2) is 8.42 Å². The molecule has 0 atom stereocenters. The molecule has 3 nitrogen and oxygen atoms in total. The number of ketones is 1. The molecule has 18 heavy (non-hydrogen) atoms. The normalized spacial score (nSPS) is 18.0. The van der Waals surface area contributed by atoms with Crippen LogP contribution in [0.5, 0.6) is 0 Å². The molecule has 1 aromatic rings. The van der Waals surface area contributed by atoms with E-state index in [4.69, 9.17) is 0 Å². The first kappa shape index (κ1) is 13.3. The van der Waals surface area contributed by atoms with E-state index in [1.807, 2.05) is 26.0 Å². The van der Waals surface area contributed by atoms with Crippen molar-refractivity contribution in [2.24, 2.45) is 0 Å². The quantitative estimate of drug-likeness (QED) is 0.826. The SMILES string of the molecule is Cc1ccc(C)c(S(=O)(=O)C2CCC(=O)CC2)c1. The van der Waals surface area contributed by atoms with Gasteiger partial charge < -0.3 is 0 Å². The van der Waals surface area contributed by atoms with Crippen molar-refractivity contribution in [3.8, 4) is 0 Å². The maximum atomic E-state index is 12.6. The number of hydrogen-bond acceptors (Lipinski definition) is 3. The van der Waals surface area contributed by atoms with Crippen LogP contribution in [0, 0.1) is 13.8 Å². The first-order valence-corrected chi connectivity index (χ1v) is 7.79. The third kappa shape index (κ3) is 2.48. The van der Waals surface area contributed by atoms with Gasteiger partial charge in [0.25, 0.3) is 0 Å². The molecule has 0 N–H and O–H groups in total. The van der Waals surface area contributed by atoms with Gasteiger partial charge in [-0.05, 0) is 43.9 Å². The number of hydrogen-bond donors (Lipinski definition) is 0. The average Bonchev–Trinajstić information content (AvgIpc) is 2.32. The predicted molar refractivity (Wildman–Crippen MR) is 70.4 cm³/mol. The molecule has 0 saturated heterocycles. The molecule has 0 aromatic heterocycles. The molecule has 1 aliphatic carbocycles. The highest BCUT2D eigenvalue weighted by atomic mass is 32.2. The number of aryl methyl sites for hydroxylation is 2. The Kier molecular flexibility index (Phi) is 3.57. The van der Waals surface area contributed by atoms with Crippen molar-refractivity contribution in [2.45, 2.75) is 49.7 Å². The van der Waals surface area contributed by atoms with Crippen molar-refractivity contribution >= 4 is 15.6 Å². The first-order chi connectivity index (χ1) is 8.41. The molecule has 98 valence electrons. The summed E-state index contributed by atoms with van der Waals surface area (Å²) in [5, 5.41) is -0.393. The van der Waals surface area contributed by atoms with Crippen molar-refractivity contribution in [2.75, 3.05) is 0 Å². The van der Waals surface area contributed by atoms with Gasteiger partial charge in [-0.1, -0.05) is 12.1 Å². The molecule has 2 rings (SSSR count). The lowest BCUT2D eigenvalue weighted by Gasteiger charge is -2.22. The van der Waals surface area contributed by atoms with E-state index < -0.39 is 15.1 Å². The number of sulfone groups is 1. The molecule has 1 aliphatic rings. The van der Waals surface area contributed by atoms with Crippen molar-refractivity contribution < 1.29 is 13.2 Å². The van der Waals surface area contributed by atoms with Crippen LogP contribution in [0.2, 0.25) is 0 Å². The van der Waals surface area contributed by atoms with Crippen LogP contribution in [0.15, 0.2) is 23.1 Å². The van der Waals surface area contributed by atoms with E-state index in [-0.39, 0.29) is 5.78 Å². The molecule has 0 radical (unpaired) electrons. The van der Waals surface area contributed by atoms with Gasteiger partial charge in [0.2, 0.25) is 0 Å². The Balaban J connectivity index is 2.36. The highest BCUT2D eigenvalue weighted by molar-refractivity contribution is 7.92. The minimum atomic E-state index is -3.29. The standard InChI is InChI=1S/C14H18O3S/c1-10-3-4-11(2)14(9-10)18(16,17)13-7-5-12(15)6-8-13/h3-4,9,13H,5-8H2,1-2H3. The van der Waals surface area contributed by atoms with Gasteiger partial charge in [0, 0.05) is 12.8 Å². The fourth-order valence-electron chi connectivity index (χ4n) is 2.42. The zero-order valence-electron chi connectivity index (χ0n) is 10.8. The number of benzene rings is 1. The Bertz CT molecular complexity index is 563.